The van der Waals surface area contributed by atoms with Gasteiger partial charge in [-0.15, -0.1) is 0 Å². The van der Waals surface area contributed by atoms with E-state index in [9.17, 15) is 4.79 Å². The fraction of sp³-hybridized carbons (Fsp3) is 0.300. The van der Waals surface area contributed by atoms with Gasteiger partial charge in [0.1, 0.15) is 0 Å². The fourth-order valence-corrected chi connectivity index (χ4v) is 2.52. The summed E-state index contributed by atoms with van der Waals surface area (Å²) in [6, 6.07) is 3.66. The maximum Gasteiger partial charge on any atom is 0.226 e. The van der Waals surface area contributed by atoms with Gasteiger partial charge in [0, 0.05) is 22.0 Å². The summed E-state index contributed by atoms with van der Waals surface area (Å²) in [6.07, 6.45) is 0.457. The third kappa shape index (κ3) is 2.26. The number of nitrogens with one attached hydrogen (secondary N) is 2. The van der Waals surface area contributed by atoms with Crippen molar-refractivity contribution in [3.05, 3.63) is 21.6 Å². The Morgan fingerprint density at radius 2 is 2.27 bits per heavy atom. The Morgan fingerprint density at radius 1 is 1.53 bits per heavy atom. The molecule has 0 bridgehead atoms. The molecule has 1 aromatic carbocycles. The molecule has 0 aliphatic carbocycles. The van der Waals surface area contributed by atoms with Crippen LogP contribution in [-0.4, -0.2) is 11.9 Å². The first-order chi connectivity index (χ1) is 7.06. The fourth-order valence-electron chi connectivity index (χ4n) is 1.60. The molecule has 0 spiro atoms. The summed E-state index contributed by atoms with van der Waals surface area (Å²) in [4.78, 5) is 11.5. The minimum Gasteiger partial charge on any atom is -0.379 e. The summed E-state index contributed by atoms with van der Waals surface area (Å²) < 4.78 is 0.860. The second kappa shape index (κ2) is 4.02. The van der Waals surface area contributed by atoms with Gasteiger partial charge < -0.3 is 10.6 Å². The van der Waals surface area contributed by atoms with Crippen LogP contribution in [0.3, 0.4) is 0 Å². The highest BCUT2D eigenvalue weighted by Crippen LogP contribution is 2.36. The second-order valence-corrected chi connectivity index (χ2v) is 4.90. The Balaban J connectivity index is 2.50. The van der Waals surface area contributed by atoms with E-state index in [1.807, 2.05) is 6.92 Å². The molecular formula is C10H10BrClN2O. The van der Waals surface area contributed by atoms with Gasteiger partial charge in [0.05, 0.1) is 11.4 Å². The third-order valence-electron chi connectivity index (χ3n) is 2.21. The molecule has 0 fully saturated rings. The molecular weight excluding hydrogens is 279 g/mol. The van der Waals surface area contributed by atoms with Crippen molar-refractivity contribution in [2.24, 2.45) is 0 Å². The van der Waals surface area contributed by atoms with Crippen LogP contribution in [0.25, 0.3) is 0 Å². The predicted octanol–water partition coefficient (Wildman–Crippen LogP) is 3.25. The van der Waals surface area contributed by atoms with Gasteiger partial charge in [-0.3, -0.25) is 4.79 Å². The normalized spacial score (nSPS) is 19.9. The summed E-state index contributed by atoms with van der Waals surface area (Å²) in [5, 5.41) is 6.67. The zero-order valence-electron chi connectivity index (χ0n) is 8.10. The lowest BCUT2D eigenvalue weighted by Gasteiger charge is -2.13. The average molecular weight is 290 g/mol. The summed E-state index contributed by atoms with van der Waals surface area (Å²) in [5.74, 6) is 0.00270. The Labute approximate surface area is 101 Å². The molecule has 1 heterocycles. The molecule has 1 aliphatic rings. The number of hydrogen-bond donors (Lipinski definition) is 2. The van der Waals surface area contributed by atoms with E-state index in [0.717, 1.165) is 15.8 Å². The SMILES string of the molecule is CC1CC(=O)Nc2cc(Cl)cc(Br)c2N1. The number of carbonyl (C=O) groups is 1. The third-order valence-corrected chi connectivity index (χ3v) is 3.06. The van der Waals surface area contributed by atoms with Crippen molar-refractivity contribution in [1.29, 1.82) is 0 Å². The molecule has 1 atom stereocenters. The summed E-state index contributed by atoms with van der Waals surface area (Å²) in [5.41, 5.74) is 1.61. The van der Waals surface area contributed by atoms with Gasteiger partial charge >= 0.3 is 0 Å². The molecule has 1 amide bonds. The molecule has 1 aliphatic heterocycles. The zero-order chi connectivity index (χ0) is 11.0. The van der Waals surface area contributed by atoms with E-state index in [1.54, 1.807) is 12.1 Å². The van der Waals surface area contributed by atoms with E-state index >= 15 is 0 Å². The molecule has 15 heavy (non-hydrogen) atoms. The van der Waals surface area contributed by atoms with E-state index in [4.69, 9.17) is 11.6 Å². The van der Waals surface area contributed by atoms with Crippen LogP contribution in [0.4, 0.5) is 11.4 Å². The summed E-state index contributed by atoms with van der Waals surface area (Å²) >= 11 is 9.33. The van der Waals surface area contributed by atoms with Gasteiger partial charge in [-0.1, -0.05) is 11.6 Å². The Hall–Kier alpha value is -0.740. The van der Waals surface area contributed by atoms with Gasteiger partial charge in [-0.2, -0.15) is 0 Å². The minimum absolute atomic E-state index is 0.00270. The van der Waals surface area contributed by atoms with Crippen molar-refractivity contribution in [3.63, 3.8) is 0 Å². The van der Waals surface area contributed by atoms with Crippen LogP contribution in [0.1, 0.15) is 13.3 Å². The van der Waals surface area contributed by atoms with Crippen molar-refractivity contribution < 1.29 is 4.79 Å². The van der Waals surface area contributed by atoms with Crippen LogP contribution in [0.2, 0.25) is 5.02 Å². The number of rotatable bonds is 0. The summed E-state index contributed by atoms with van der Waals surface area (Å²) in [7, 11) is 0. The molecule has 0 saturated heterocycles. The molecule has 2 N–H and O–H groups in total. The molecule has 1 unspecified atom stereocenters. The first-order valence-corrected chi connectivity index (χ1v) is 5.79. The molecule has 5 heteroatoms. The van der Waals surface area contributed by atoms with Crippen molar-refractivity contribution >= 4 is 44.8 Å². The van der Waals surface area contributed by atoms with Crippen molar-refractivity contribution in [3.8, 4) is 0 Å². The molecule has 0 radical (unpaired) electrons. The van der Waals surface area contributed by atoms with E-state index in [-0.39, 0.29) is 11.9 Å². The van der Waals surface area contributed by atoms with Gasteiger partial charge in [0.2, 0.25) is 5.91 Å². The van der Waals surface area contributed by atoms with E-state index in [2.05, 4.69) is 26.6 Å². The van der Waals surface area contributed by atoms with Crippen LogP contribution >= 0.6 is 27.5 Å². The molecule has 80 valence electrons. The molecule has 1 aromatic rings. The van der Waals surface area contributed by atoms with Gasteiger partial charge in [-0.25, -0.2) is 0 Å². The van der Waals surface area contributed by atoms with Crippen LogP contribution in [0, 0.1) is 0 Å². The largest absolute Gasteiger partial charge is 0.379 e. The Morgan fingerprint density at radius 3 is 3.00 bits per heavy atom. The highest BCUT2D eigenvalue weighted by Gasteiger charge is 2.19. The van der Waals surface area contributed by atoms with E-state index in [0.29, 0.717) is 11.4 Å². The number of amides is 1. The number of benzene rings is 1. The topological polar surface area (TPSA) is 41.1 Å². The molecule has 0 saturated carbocycles. The van der Waals surface area contributed by atoms with E-state index in [1.165, 1.54) is 0 Å². The van der Waals surface area contributed by atoms with Crippen molar-refractivity contribution in [2.45, 2.75) is 19.4 Å². The first-order valence-electron chi connectivity index (χ1n) is 4.61. The quantitative estimate of drug-likeness (QED) is 0.770. The van der Waals surface area contributed by atoms with Gasteiger partial charge in [0.25, 0.3) is 0 Å². The number of fused-ring (bicyclic) bond motifs is 1. The summed E-state index contributed by atoms with van der Waals surface area (Å²) in [6.45, 7) is 1.97. The highest BCUT2D eigenvalue weighted by molar-refractivity contribution is 9.10. The van der Waals surface area contributed by atoms with Crippen LogP contribution in [0.15, 0.2) is 16.6 Å². The van der Waals surface area contributed by atoms with E-state index < -0.39 is 0 Å². The minimum atomic E-state index is 0.00270. The van der Waals surface area contributed by atoms with Crippen LogP contribution in [-0.2, 0) is 4.79 Å². The number of hydrogen-bond acceptors (Lipinski definition) is 2. The molecule has 2 rings (SSSR count). The van der Waals surface area contributed by atoms with Crippen LogP contribution in [0.5, 0.6) is 0 Å². The number of carbonyl (C=O) groups excluding carboxylic acids is 1. The Bertz CT molecular complexity index is 422. The first kappa shape index (κ1) is 10.8. The predicted molar refractivity (Wildman–Crippen MR) is 65.5 cm³/mol. The monoisotopic (exact) mass is 288 g/mol. The van der Waals surface area contributed by atoms with Crippen LogP contribution < -0.4 is 10.6 Å². The smallest absolute Gasteiger partial charge is 0.226 e. The lowest BCUT2D eigenvalue weighted by Crippen LogP contribution is -2.18. The standard InChI is InChI=1S/C10H10BrClN2O/c1-5-2-9(15)14-8-4-6(12)3-7(11)10(8)13-5/h3-5,13H,2H2,1H3,(H,14,15). The lowest BCUT2D eigenvalue weighted by molar-refractivity contribution is -0.116. The van der Waals surface area contributed by atoms with Crippen molar-refractivity contribution in [1.82, 2.24) is 0 Å². The maximum absolute atomic E-state index is 11.5. The number of halogens is 2. The lowest BCUT2D eigenvalue weighted by atomic mass is 10.2. The zero-order valence-corrected chi connectivity index (χ0v) is 10.4. The average Bonchev–Trinajstić information content (AvgIpc) is 2.22. The van der Waals surface area contributed by atoms with Gasteiger partial charge in [0.15, 0.2) is 0 Å². The molecule has 3 nitrogen and oxygen atoms in total. The van der Waals surface area contributed by atoms with Crippen molar-refractivity contribution in [2.75, 3.05) is 10.6 Å². The maximum atomic E-state index is 11.5. The Kier molecular flexibility index (Phi) is 2.89. The highest BCUT2D eigenvalue weighted by atomic mass is 79.9. The van der Waals surface area contributed by atoms with Gasteiger partial charge in [-0.05, 0) is 35.0 Å². The second-order valence-electron chi connectivity index (χ2n) is 3.61. The number of anilines is 2. The molecule has 0 aromatic heterocycles.